The first-order valence-corrected chi connectivity index (χ1v) is 9.55. The van der Waals surface area contributed by atoms with Crippen molar-refractivity contribution in [2.75, 3.05) is 5.75 Å². The summed E-state index contributed by atoms with van der Waals surface area (Å²) in [5, 5.41) is 12.7. The van der Waals surface area contributed by atoms with Gasteiger partial charge in [-0.1, -0.05) is 72.9 Å². The predicted molar refractivity (Wildman–Crippen MR) is 110 cm³/mol. The second kappa shape index (κ2) is 6.48. The largest absolute Gasteiger partial charge is 0.465 e. The van der Waals surface area contributed by atoms with Gasteiger partial charge in [-0.25, -0.2) is 0 Å². The van der Waals surface area contributed by atoms with Gasteiger partial charge < -0.3 is 4.42 Å². The molecule has 27 heavy (non-hydrogen) atoms. The van der Waals surface area contributed by atoms with Gasteiger partial charge in [-0.05, 0) is 22.8 Å². The van der Waals surface area contributed by atoms with Gasteiger partial charge in [0.05, 0.1) is 17.2 Å². The van der Waals surface area contributed by atoms with Crippen molar-refractivity contribution in [1.82, 2.24) is 10.4 Å². The summed E-state index contributed by atoms with van der Waals surface area (Å²) in [6, 6.07) is 20.8. The van der Waals surface area contributed by atoms with Crippen molar-refractivity contribution in [2.45, 2.75) is 0 Å². The van der Waals surface area contributed by atoms with Crippen LogP contribution in [-0.2, 0) is 0 Å². The van der Waals surface area contributed by atoms with Crippen molar-refractivity contribution >= 4 is 35.0 Å². The van der Waals surface area contributed by atoms with E-state index in [2.05, 4.69) is 65.6 Å². The highest BCUT2D eigenvalue weighted by molar-refractivity contribution is 8.14. The molecule has 0 fully saturated rings. The zero-order valence-corrected chi connectivity index (χ0v) is 15.2. The summed E-state index contributed by atoms with van der Waals surface area (Å²) in [6.07, 6.45) is 1.62. The smallest absolute Gasteiger partial charge is 0.210 e. The molecule has 3 heterocycles. The molecule has 1 N–H and O–H groups in total. The summed E-state index contributed by atoms with van der Waals surface area (Å²) >= 11 is 1.65. The summed E-state index contributed by atoms with van der Waals surface area (Å²) in [7, 11) is 0. The molecule has 0 atom stereocenters. The van der Waals surface area contributed by atoms with Crippen LogP contribution in [0, 0.1) is 0 Å². The van der Waals surface area contributed by atoms with Crippen LogP contribution in [0.4, 0.5) is 0 Å². The monoisotopic (exact) mass is 372 g/mol. The van der Waals surface area contributed by atoms with E-state index in [1.807, 2.05) is 17.1 Å². The highest BCUT2D eigenvalue weighted by Crippen LogP contribution is 2.27. The Kier molecular flexibility index (Phi) is 3.83. The second-order valence-electron chi connectivity index (χ2n) is 6.20. The van der Waals surface area contributed by atoms with Gasteiger partial charge in [0, 0.05) is 5.75 Å². The van der Waals surface area contributed by atoms with E-state index in [-0.39, 0.29) is 0 Å². The minimum Gasteiger partial charge on any atom is -0.465 e. The summed E-state index contributed by atoms with van der Waals surface area (Å²) in [4.78, 5) is 0. The Hall–Kier alpha value is -3.25. The molecule has 5 rings (SSSR count). The van der Waals surface area contributed by atoms with Crippen molar-refractivity contribution < 1.29 is 4.42 Å². The maximum atomic E-state index is 5.32. The van der Waals surface area contributed by atoms with Crippen molar-refractivity contribution in [3.8, 4) is 11.1 Å². The number of thioether (sulfide) groups is 1. The van der Waals surface area contributed by atoms with E-state index in [9.17, 15) is 0 Å². The molecule has 0 saturated heterocycles. The molecule has 0 radical (unpaired) electrons. The van der Waals surface area contributed by atoms with Crippen LogP contribution in [0.3, 0.4) is 0 Å². The molecule has 0 saturated carbocycles. The normalized spacial score (nSPS) is 17.9. The van der Waals surface area contributed by atoms with E-state index < -0.39 is 0 Å². The molecular weight excluding hydrogens is 356 g/mol. The standard InChI is InChI=1S/C21H16N4OS/c1-14-18(11-12-26-14)20-22-23-21-25(20)24-19(13-27-21)17-9-7-16(8-10-17)15-5-3-2-4-6-15/h2-12,22H,1,13H2. The number of nitrogens with zero attached hydrogens (tertiary/aromatic N) is 3. The molecule has 0 spiro atoms. The first kappa shape index (κ1) is 16.0. The van der Waals surface area contributed by atoms with E-state index in [0.717, 1.165) is 33.2 Å². The van der Waals surface area contributed by atoms with Crippen molar-refractivity contribution in [1.29, 1.82) is 0 Å². The minimum absolute atomic E-state index is 0.591. The fraction of sp³-hybridized carbons (Fsp3) is 0.0476. The topological polar surface area (TPSA) is 53.1 Å². The fourth-order valence-corrected chi connectivity index (χ4v) is 3.97. The average Bonchev–Trinajstić information content (AvgIpc) is 3.34. The fourth-order valence-electron chi connectivity index (χ4n) is 3.11. The lowest BCUT2D eigenvalue weighted by atomic mass is 10.0. The number of hydrogen-bond donors (Lipinski definition) is 1. The Bertz CT molecular complexity index is 1160. The number of rotatable bonds is 2. The second-order valence-corrected chi connectivity index (χ2v) is 7.15. The van der Waals surface area contributed by atoms with E-state index in [1.54, 1.807) is 18.0 Å². The van der Waals surface area contributed by atoms with Crippen LogP contribution in [0.1, 0.15) is 5.56 Å². The Balaban J connectivity index is 1.50. The molecule has 2 aromatic carbocycles. The quantitative estimate of drug-likeness (QED) is 0.752. The van der Waals surface area contributed by atoms with Crippen LogP contribution in [0.5, 0.6) is 0 Å². The van der Waals surface area contributed by atoms with E-state index in [0.29, 0.717) is 5.42 Å². The maximum Gasteiger partial charge on any atom is 0.210 e. The predicted octanol–water partition coefficient (Wildman–Crippen LogP) is 2.75. The summed E-state index contributed by atoms with van der Waals surface area (Å²) in [5.74, 6) is 1.55. The average molecular weight is 372 g/mol. The molecule has 0 bridgehead atoms. The van der Waals surface area contributed by atoms with Crippen LogP contribution in [0.2, 0.25) is 0 Å². The molecule has 5 nitrogen and oxygen atoms in total. The lowest BCUT2D eigenvalue weighted by Gasteiger charge is -2.21. The zero-order valence-electron chi connectivity index (χ0n) is 14.4. The molecule has 2 aliphatic rings. The summed E-state index contributed by atoms with van der Waals surface area (Å²) in [5.41, 5.74) is 8.16. The van der Waals surface area contributed by atoms with Gasteiger partial charge in [0.15, 0.2) is 5.82 Å². The number of fused-ring (bicyclic) bond motifs is 1. The third-order valence-electron chi connectivity index (χ3n) is 4.53. The molecule has 1 aromatic heterocycles. The lowest BCUT2D eigenvalue weighted by molar-refractivity contribution is 0.530. The highest BCUT2D eigenvalue weighted by Gasteiger charge is 2.29. The summed E-state index contributed by atoms with van der Waals surface area (Å²) in [6.45, 7) is 3.92. The Morgan fingerprint density at radius 2 is 1.70 bits per heavy atom. The number of hydrogen-bond acceptors (Lipinski definition) is 6. The van der Waals surface area contributed by atoms with Crippen LogP contribution in [0.25, 0.3) is 23.5 Å². The van der Waals surface area contributed by atoms with Crippen molar-refractivity contribution in [3.05, 3.63) is 83.1 Å². The molecule has 132 valence electrons. The molecule has 0 amide bonds. The van der Waals surface area contributed by atoms with Crippen molar-refractivity contribution in [2.24, 2.45) is 10.2 Å². The van der Waals surface area contributed by atoms with Gasteiger partial charge in [-0.15, -0.1) is 5.10 Å². The maximum absolute atomic E-state index is 5.32. The van der Waals surface area contributed by atoms with Gasteiger partial charge in [0.1, 0.15) is 5.42 Å². The van der Waals surface area contributed by atoms with Gasteiger partial charge in [0.2, 0.25) is 5.17 Å². The van der Waals surface area contributed by atoms with E-state index >= 15 is 0 Å². The lowest BCUT2D eigenvalue weighted by Crippen LogP contribution is -2.34. The number of nitrogens with one attached hydrogen (secondary N) is 1. The Morgan fingerprint density at radius 3 is 2.44 bits per heavy atom. The number of benzene rings is 2. The van der Waals surface area contributed by atoms with Crippen LogP contribution >= 0.6 is 11.8 Å². The first-order chi connectivity index (χ1) is 13.3. The number of hydrazone groups is 2. The van der Waals surface area contributed by atoms with Crippen LogP contribution in [0.15, 0.2) is 81.5 Å². The SMILES string of the molecule is C=c1occc1=C1NN=C2SCC(c3ccc(-c4ccccc4)cc3)=NN21. The Labute approximate surface area is 160 Å². The molecule has 0 unspecified atom stereocenters. The molecule has 2 aliphatic heterocycles. The van der Waals surface area contributed by atoms with Gasteiger partial charge in [-0.3, -0.25) is 5.43 Å². The zero-order chi connectivity index (χ0) is 18.2. The molecule has 3 aromatic rings. The third kappa shape index (κ3) is 2.84. The molecule has 6 heteroatoms. The summed E-state index contributed by atoms with van der Waals surface area (Å²) < 4.78 is 5.32. The third-order valence-corrected chi connectivity index (χ3v) is 5.48. The highest BCUT2D eigenvalue weighted by atomic mass is 32.2. The number of amidine groups is 1. The van der Waals surface area contributed by atoms with Crippen LogP contribution in [-0.4, -0.2) is 21.6 Å². The number of furan rings is 1. The molecule has 0 aliphatic carbocycles. The molecular formula is C21H16N4OS. The van der Waals surface area contributed by atoms with Crippen LogP contribution < -0.4 is 16.1 Å². The minimum atomic E-state index is 0.591. The van der Waals surface area contributed by atoms with E-state index in [1.165, 1.54) is 11.1 Å². The Morgan fingerprint density at radius 1 is 0.963 bits per heavy atom. The van der Waals surface area contributed by atoms with Gasteiger partial charge >= 0.3 is 0 Å². The van der Waals surface area contributed by atoms with Gasteiger partial charge in [0.25, 0.3) is 0 Å². The van der Waals surface area contributed by atoms with Gasteiger partial charge in [-0.2, -0.15) is 10.1 Å². The first-order valence-electron chi connectivity index (χ1n) is 8.56. The van der Waals surface area contributed by atoms with E-state index in [4.69, 9.17) is 9.52 Å². The van der Waals surface area contributed by atoms with Crippen molar-refractivity contribution in [3.63, 3.8) is 0 Å².